The van der Waals surface area contributed by atoms with Gasteiger partial charge in [-0.3, -0.25) is 4.90 Å². The highest BCUT2D eigenvalue weighted by atomic mass is 19.4. The van der Waals surface area contributed by atoms with Crippen LogP contribution >= 0.6 is 0 Å². The van der Waals surface area contributed by atoms with E-state index >= 15 is 0 Å². The summed E-state index contributed by atoms with van der Waals surface area (Å²) in [5.74, 6) is -4.54. The third kappa shape index (κ3) is 10.8. The lowest BCUT2D eigenvalue weighted by Gasteiger charge is -2.35. The molecule has 51 heavy (non-hydrogen) atoms. The van der Waals surface area contributed by atoms with Crippen molar-refractivity contribution in [1.29, 1.82) is 0 Å². The molecule has 2 fully saturated rings. The summed E-state index contributed by atoms with van der Waals surface area (Å²) in [5.41, 5.74) is 12.8. The normalized spacial score (nSPS) is 15.8. The number of pyridine rings is 1. The van der Waals surface area contributed by atoms with Crippen LogP contribution in [0.2, 0.25) is 0 Å². The van der Waals surface area contributed by atoms with Crippen LogP contribution in [-0.2, 0) is 15.1 Å². The van der Waals surface area contributed by atoms with E-state index in [0.717, 1.165) is 86.0 Å². The van der Waals surface area contributed by atoms with E-state index in [1.807, 2.05) is 18.2 Å². The Hall–Kier alpha value is -4.87. The topological polar surface area (TPSA) is 149 Å². The van der Waals surface area contributed by atoms with Crippen molar-refractivity contribution in [2.75, 3.05) is 58.3 Å². The second-order valence-electron chi connectivity index (χ2n) is 12.3. The number of halogens is 6. The fraction of sp³-hybridized carbons (Fsp3) is 0.382. The smallest absolute Gasteiger partial charge is 0.475 e. The minimum Gasteiger partial charge on any atom is -0.475 e. The van der Waals surface area contributed by atoms with Gasteiger partial charge in [0.1, 0.15) is 11.3 Å². The molecule has 1 saturated carbocycles. The monoisotopic (exact) mass is 721 g/mol. The summed E-state index contributed by atoms with van der Waals surface area (Å²) in [4.78, 5) is 40.1. The molecule has 1 saturated heterocycles. The summed E-state index contributed by atoms with van der Waals surface area (Å²) >= 11 is 0. The number of fused-ring (bicyclic) bond motifs is 1. The number of carbonyl (C=O) groups is 2. The van der Waals surface area contributed by atoms with E-state index in [9.17, 15) is 26.3 Å². The molecule has 6 rings (SSSR count). The number of carboxylic acid groups (broad SMARTS) is 2. The van der Waals surface area contributed by atoms with Gasteiger partial charge in [-0.2, -0.15) is 26.3 Å². The number of nitrogens with two attached hydrogens (primary N) is 1. The van der Waals surface area contributed by atoms with Gasteiger partial charge in [-0.25, -0.2) is 24.5 Å². The zero-order chi connectivity index (χ0) is 37.6. The van der Waals surface area contributed by atoms with Crippen molar-refractivity contribution in [2.45, 2.75) is 30.7 Å². The number of hydrogen-bond donors (Lipinski definition) is 3. The lowest BCUT2D eigenvalue weighted by atomic mass is 10.00. The van der Waals surface area contributed by atoms with Crippen molar-refractivity contribution >= 4 is 28.9 Å². The number of aliphatic carboxylic acids is 2. The number of anilines is 1. The molecule has 0 unspecified atom stereocenters. The van der Waals surface area contributed by atoms with Crippen molar-refractivity contribution in [3.8, 4) is 22.5 Å². The van der Waals surface area contributed by atoms with Crippen LogP contribution in [0.4, 0.5) is 32.2 Å². The van der Waals surface area contributed by atoms with Crippen LogP contribution < -0.4 is 10.6 Å². The SMILES string of the molecule is CN(C)CCN1CCN(c2ccc3nc(-c4ccc(C5(N)CC5)cc4)c(-c4ccccc4)nc3n2)CC1.O=C(O)C(F)(F)F.O=C(O)C(F)(F)F. The Bertz CT molecular complexity index is 1770. The standard InChI is InChI=1S/C30H35N7.2C2HF3O2/c1-35(2)16-17-36-18-20-37(21-19-36)26-13-12-25-29(33-26)34-28(22-6-4-3-5-7-22)27(32-25)23-8-10-24(11-9-23)30(31)14-15-30;2*3-2(4,5)1(6)7/h3-13H,14-21,31H2,1-2H3;2*(H,6,7). The maximum absolute atomic E-state index is 10.6. The summed E-state index contributed by atoms with van der Waals surface area (Å²) in [7, 11) is 4.26. The van der Waals surface area contributed by atoms with Crippen LogP contribution in [0.3, 0.4) is 0 Å². The van der Waals surface area contributed by atoms with E-state index in [0.29, 0.717) is 5.65 Å². The molecular weight excluding hydrogens is 684 g/mol. The highest BCUT2D eigenvalue weighted by Gasteiger charge is 2.40. The number of alkyl halides is 6. The predicted molar refractivity (Wildman–Crippen MR) is 178 cm³/mol. The minimum atomic E-state index is -5.08. The average Bonchev–Trinajstić information content (AvgIpc) is 3.85. The van der Waals surface area contributed by atoms with Crippen LogP contribution in [0, 0.1) is 0 Å². The third-order valence-corrected chi connectivity index (χ3v) is 8.13. The molecular formula is C34H37F6N7O4. The molecule has 1 aliphatic heterocycles. The number of nitrogens with zero attached hydrogens (tertiary/aromatic N) is 6. The molecule has 0 radical (unpaired) electrons. The van der Waals surface area contributed by atoms with Crippen molar-refractivity contribution in [2.24, 2.45) is 5.73 Å². The molecule has 274 valence electrons. The molecule has 2 aliphatic rings. The maximum Gasteiger partial charge on any atom is 0.490 e. The highest BCUT2D eigenvalue weighted by Crippen LogP contribution is 2.43. The average molecular weight is 722 g/mol. The van der Waals surface area contributed by atoms with Crippen molar-refractivity contribution in [1.82, 2.24) is 24.8 Å². The van der Waals surface area contributed by atoms with E-state index in [1.54, 1.807) is 0 Å². The van der Waals surface area contributed by atoms with Gasteiger partial charge in [-0.1, -0.05) is 54.6 Å². The third-order valence-electron chi connectivity index (χ3n) is 8.13. The molecule has 4 aromatic rings. The summed E-state index contributed by atoms with van der Waals surface area (Å²) < 4.78 is 63.5. The highest BCUT2D eigenvalue weighted by molar-refractivity contribution is 5.85. The molecule has 0 spiro atoms. The van der Waals surface area contributed by atoms with E-state index < -0.39 is 24.3 Å². The van der Waals surface area contributed by atoms with Gasteiger partial charge in [0, 0.05) is 55.9 Å². The number of likely N-dealkylation sites (N-methyl/N-ethyl adjacent to an activating group) is 1. The van der Waals surface area contributed by atoms with Gasteiger partial charge in [0.05, 0.1) is 11.4 Å². The number of benzene rings is 2. The molecule has 11 nitrogen and oxygen atoms in total. The van der Waals surface area contributed by atoms with Crippen LogP contribution in [0.15, 0.2) is 66.7 Å². The van der Waals surface area contributed by atoms with Gasteiger partial charge in [-0.15, -0.1) is 0 Å². The van der Waals surface area contributed by atoms with Gasteiger partial charge in [0.2, 0.25) is 0 Å². The fourth-order valence-electron chi connectivity index (χ4n) is 5.03. The second kappa shape index (κ2) is 16.0. The van der Waals surface area contributed by atoms with Gasteiger partial charge in [0.15, 0.2) is 5.65 Å². The lowest BCUT2D eigenvalue weighted by Crippen LogP contribution is -2.48. The van der Waals surface area contributed by atoms with E-state index in [2.05, 4.69) is 77.3 Å². The molecule has 2 aromatic heterocycles. The van der Waals surface area contributed by atoms with Crippen LogP contribution in [0.5, 0.6) is 0 Å². The maximum atomic E-state index is 10.6. The first-order chi connectivity index (χ1) is 23.9. The predicted octanol–water partition coefficient (Wildman–Crippen LogP) is 5.26. The Kier molecular flexibility index (Phi) is 12.2. The molecule has 2 aromatic carbocycles. The molecule has 0 amide bonds. The lowest BCUT2D eigenvalue weighted by molar-refractivity contribution is -0.193. The molecule has 1 aliphatic carbocycles. The zero-order valence-corrected chi connectivity index (χ0v) is 27.7. The Morgan fingerprint density at radius 2 is 1.27 bits per heavy atom. The van der Waals surface area contributed by atoms with E-state index in [-0.39, 0.29) is 5.54 Å². The Morgan fingerprint density at radius 3 is 1.76 bits per heavy atom. The summed E-state index contributed by atoms with van der Waals surface area (Å²) in [6, 6.07) is 23.0. The Balaban J connectivity index is 0.000000353. The number of piperazine rings is 1. The van der Waals surface area contributed by atoms with Crippen molar-refractivity contribution < 1.29 is 46.1 Å². The molecule has 4 N–H and O–H groups in total. The fourth-order valence-corrected chi connectivity index (χ4v) is 5.03. The van der Waals surface area contributed by atoms with Crippen molar-refractivity contribution in [3.05, 3.63) is 72.3 Å². The van der Waals surface area contributed by atoms with Crippen LogP contribution in [-0.4, -0.2) is 113 Å². The van der Waals surface area contributed by atoms with Crippen molar-refractivity contribution in [3.63, 3.8) is 0 Å². The number of rotatable bonds is 7. The summed E-state index contributed by atoms with van der Waals surface area (Å²) in [5, 5.41) is 14.2. The van der Waals surface area contributed by atoms with E-state index in [1.165, 1.54) is 5.56 Å². The van der Waals surface area contributed by atoms with E-state index in [4.69, 9.17) is 40.5 Å². The molecule has 17 heteroatoms. The first-order valence-corrected chi connectivity index (χ1v) is 15.7. The quantitative estimate of drug-likeness (QED) is 0.215. The van der Waals surface area contributed by atoms with Gasteiger partial charge in [-0.05, 0) is 44.6 Å². The molecule has 0 atom stereocenters. The van der Waals surface area contributed by atoms with Gasteiger partial charge in [0.25, 0.3) is 0 Å². The Labute approximate surface area is 289 Å². The van der Waals surface area contributed by atoms with Gasteiger partial charge >= 0.3 is 24.3 Å². The number of hydrogen-bond acceptors (Lipinski definition) is 9. The molecule has 0 bridgehead atoms. The number of carboxylic acids is 2. The summed E-state index contributed by atoms with van der Waals surface area (Å²) in [6.07, 6.45) is -8.06. The molecule has 3 heterocycles. The number of aromatic nitrogens is 3. The van der Waals surface area contributed by atoms with Gasteiger partial charge < -0.3 is 25.7 Å². The first kappa shape index (κ1) is 38.9. The summed E-state index contributed by atoms with van der Waals surface area (Å²) in [6.45, 7) is 6.23. The second-order valence-corrected chi connectivity index (χ2v) is 12.3. The largest absolute Gasteiger partial charge is 0.490 e. The minimum absolute atomic E-state index is 0.145. The zero-order valence-electron chi connectivity index (χ0n) is 27.7. The van der Waals surface area contributed by atoms with Crippen LogP contribution in [0.25, 0.3) is 33.7 Å². The Morgan fingerprint density at radius 1 is 0.765 bits per heavy atom. The van der Waals surface area contributed by atoms with Crippen LogP contribution in [0.1, 0.15) is 18.4 Å². The first-order valence-electron chi connectivity index (χ1n) is 15.7.